The van der Waals surface area contributed by atoms with E-state index in [2.05, 4.69) is 15.0 Å². The molecule has 9 nitrogen and oxygen atoms in total. The topological polar surface area (TPSA) is 136 Å². The number of hydrogen-bond donors (Lipinski definition) is 3. The van der Waals surface area contributed by atoms with E-state index in [1.54, 1.807) is 49.4 Å². The van der Waals surface area contributed by atoms with E-state index in [0.717, 1.165) is 12.8 Å². The van der Waals surface area contributed by atoms with Crippen LogP contribution in [0.15, 0.2) is 47.3 Å². The Balaban J connectivity index is 1.69. The van der Waals surface area contributed by atoms with Gasteiger partial charge in [-0.2, -0.15) is 0 Å². The molecule has 4 N–H and O–H groups in total. The van der Waals surface area contributed by atoms with Gasteiger partial charge in [-0.05, 0) is 50.1 Å². The highest BCUT2D eigenvalue weighted by atomic mass is 35.5. The number of carbonyl (C=O) groups excluding carboxylic acids is 1. The molecule has 11 heteroatoms. The first-order valence-corrected chi connectivity index (χ1v) is 12.5. The fourth-order valence-corrected chi connectivity index (χ4v) is 5.73. The number of urea groups is 1. The number of amides is 2. The third-order valence-electron chi connectivity index (χ3n) is 5.62. The fraction of sp³-hybridized carbons (Fsp3) is 0.318. The van der Waals surface area contributed by atoms with Crippen molar-refractivity contribution in [2.24, 2.45) is 5.73 Å². The molecule has 33 heavy (non-hydrogen) atoms. The van der Waals surface area contributed by atoms with Crippen LogP contribution in [0.4, 0.5) is 10.5 Å². The summed E-state index contributed by atoms with van der Waals surface area (Å²) in [5, 5.41) is 2.48. The van der Waals surface area contributed by atoms with E-state index in [0.29, 0.717) is 35.6 Å². The molecule has 1 fully saturated rings. The third kappa shape index (κ3) is 4.73. The lowest BCUT2D eigenvalue weighted by Gasteiger charge is -2.17. The van der Waals surface area contributed by atoms with Crippen molar-refractivity contribution in [1.82, 2.24) is 14.3 Å². The van der Waals surface area contributed by atoms with Crippen LogP contribution in [0.2, 0.25) is 5.02 Å². The molecular formula is C22H24ClN5O4S. The third-order valence-corrected chi connectivity index (χ3v) is 7.75. The second kappa shape index (κ2) is 9.12. The van der Waals surface area contributed by atoms with Crippen molar-refractivity contribution in [2.45, 2.75) is 43.9 Å². The van der Waals surface area contributed by atoms with E-state index < -0.39 is 32.9 Å². The highest BCUT2D eigenvalue weighted by molar-refractivity contribution is 7.90. The van der Waals surface area contributed by atoms with Crippen LogP contribution in [0.1, 0.15) is 44.5 Å². The summed E-state index contributed by atoms with van der Waals surface area (Å²) in [7, 11) is -3.75. The molecule has 2 aromatic carbocycles. The molecule has 4 rings (SSSR count). The summed E-state index contributed by atoms with van der Waals surface area (Å²) in [6, 6.07) is 9.98. The Labute approximate surface area is 196 Å². The average molecular weight is 490 g/mol. The van der Waals surface area contributed by atoms with Gasteiger partial charge in [0.1, 0.15) is 5.82 Å². The van der Waals surface area contributed by atoms with Crippen LogP contribution in [0.25, 0.3) is 16.6 Å². The maximum absolute atomic E-state index is 13.3. The van der Waals surface area contributed by atoms with Crippen molar-refractivity contribution in [3.05, 3.63) is 63.7 Å². The molecule has 2 amide bonds. The number of halogens is 1. The molecule has 3 aromatic rings. The lowest BCUT2D eigenvalue weighted by Crippen LogP contribution is -2.39. The second-order valence-corrected chi connectivity index (χ2v) is 10.5. The predicted octanol–water partition coefficient (Wildman–Crippen LogP) is 3.45. The molecule has 1 aliphatic carbocycles. The fourth-order valence-electron chi connectivity index (χ4n) is 4.05. The maximum atomic E-state index is 13.3. The van der Waals surface area contributed by atoms with Gasteiger partial charge < -0.3 is 11.1 Å². The van der Waals surface area contributed by atoms with Gasteiger partial charge in [0.25, 0.3) is 5.56 Å². The first kappa shape index (κ1) is 23.2. The van der Waals surface area contributed by atoms with Gasteiger partial charge in [0.05, 0.1) is 32.9 Å². The van der Waals surface area contributed by atoms with Crippen molar-refractivity contribution in [3.8, 4) is 5.69 Å². The van der Waals surface area contributed by atoms with Crippen LogP contribution in [-0.4, -0.2) is 29.2 Å². The smallest absolute Gasteiger partial charge is 0.322 e. The summed E-state index contributed by atoms with van der Waals surface area (Å²) in [6.07, 6.45) is 2.74. The van der Waals surface area contributed by atoms with Gasteiger partial charge in [-0.3, -0.25) is 9.36 Å². The van der Waals surface area contributed by atoms with Crippen molar-refractivity contribution >= 4 is 44.2 Å². The molecule has 0 radical (unpaired) electrons. The van der Waals surface area contributed by atoms with E-state index in [1.807, 2.05) is 0 Å². The van der Waals surface area contributed by atoms with Gasteiger partial charge in [-0.25, -0.2) is 22.9 Å². The molecule has 1 aromatic heterocycles. The van der Waals surface area contributed by atoms with E-state index in [1.165, 1.54) is 4.57 Å². The van der Waals surface area contributed by atoms with Gasteiger partial charge in [0.2, 0.25) is 10.0 Å². The molecule has 1 unspecified atom stereocenters. The molecule has 0 bridgehead atoms. The van der Waals surface area contributed by atoms with Crippen LogP contribution >= 0.6 is 11.6 Å². The molecule has 174 valence electrons. The standard InChI is InChI=1S/C22H24ClN5O4S/c1-13(24)20-26-18-11-5-10-17(23)19(18)21(29)28(20)15-7-4-6-14(12-15)25-22(30)27-33(31,32)16-8-2-3-9-16/h4-7,10-13,16H,2-3,8-9,24H2,1H3,(H2,25,27,30). The van der Waals surface area contributed by atoms with Crippen molar-refractivity contribution < 1.29 is 13.2 Å². The molecule has 1 heterocycles. The lowest BCUT2D eigenvalue weighted by molar-refractivity contribution is 0.256. The van der Waals surface area contributed by atoms with Crippen molar-refractivity contribution in [1.29, 1.82) is 0 Å². The van der Waals surface area contributed by atoms with Gasteiger partial charge in [0.15, 0.2) is 0 Å². The number of nitrogens with one attached hydrogen (secondary N) is 2. The Bertz CT molecular complexity index is 1380. The van der Waals surface area contributed by atoms with E-state index in [-0.39, 0.29) is 10.4 Å². The number of nitrogens with zero attached hydrogens (tertiary/aromatic N) is 2. The zero-order valence-corrected chi connectivity index (χ0v) is 19.5. The van der Waals surface area contributed by atoms with Crippen LogP contribution < -0.4 is 21.3 Å². The molecule has 0 spiro atoms. The Kier molecular flexibility index (Phi) is 6.42. The minimum Gasteiger partial charge on any atom is -0.322 e. The minimum atomic E-state index is -3.75. The van der Waals surface area contributed by atoms with E-state index in [4.69, 9.17) is 17.3 Å². The lowest BCUT2D eigenvalue weighted by atomic mass is 10.2. The van der Waals surface area contributed by atoms with Gasteiger partial charge in [0, 0.05) is 5.69 Å². The summed E-state index contributed by atoms with van der Waals surface area (Å²) in [4.78, 5) is 30.3. The summed E-state index contributed by atoms with van der Waals surface area (Å²) in [6.45, 7) is 1.71. The maximum Gasteiger partial charge on any atom is 0.332 e. The first-order valence-electron chi connectivity index (χ1n) is 10.6. The number of fused-ring (bicyclic) bond motifs is 1. The first-order chi connectivity index (χ1) is 15.7. The normalized spacial score (nSPS) is 15.5. The number of benzene rings is 2. The number of aromatic nitrogens is 2. The molecule has 1 aliphatic rings. The highest BCUT2D eigenvalue weighted by Crippen LogP contribution is 2.25. The number of carbonyl (C=O) groups is 1. The van der Waals surface area contributed by atoms with Crippen LogP contribution in [-0.2, 0) is 10.0 Å². The van der Waals surface area contributed by atoms with Crippen LogP contribution in [0, 0.1) is 0 Å². The molecule has 1 atom stereocenters. The van der Waals surface area contributed by atoms with Crippen LogP contribution in [0.3, 0.4) is 0 Å². The Morgan fingerprint density at radius 1 is 1.21 bits per heavy atom. The SMILES string of the molecule is CC(N)c1nc2cccc(Cl)c2c(=O)n1-c1cccc(NC(=O)NS(=O)(=O)C2CCCC2)c1. The largest absolute Gasteiger partial charge is 0.332 e. The van der Waals surface area contributed by atoms with Crippen molar-refractivity contribution in [2.75, 3.05) is 5.32 Å². The zero-order valence-electron chi connectivity index (χ0n) is 17.9. The molecular weight excluding hydrogens is 466 g/mol. The summed E-state index contributed by atoms with van der Waals surface area (Å²) in [5.74, 6) is 0.320. The van der Waals surface area contributed by atoms with Crippen molar-refractivity contribution in [3.63, 3.8) is 0 Å². The van der Waals surface area contributed by atoms with E-state index >= 15 is 0 Å². The number of nitrogens with two attached hydrogens (primary N) is 1. The predicted molar refractivity (Wildman–Crippen MR) is 128 cm³/mol. The molecule has 0 aliphatic heterocycles. The molecule has 0 saturated heterocycles. The van der Waals surface area contributed by atoms with Gasteiger partial charge in [-0.1, -0.05) is 36.6 Å². The highest BCUT2D eigenvalue weighted by Gasteiger charge is 2.30. The number of anilines is 1. The quantitative estimate of drug-likeness (QED) is 0.502. The van der Waals surface area contributed by atoms with E-state index in [9.17, 15) is 18.0 Å². The Hall–Kier alpha value is -2.95. The van der Waals surface area contributed by atoms with Crippen LogP contribution in [0.5, 0.6) is 0 Å². The summed E-state index contributed by atoms with van der Waals surface area (Å²) >= 11 is 6.26. The Morgan fingerprint density at radius 3 is 2.61 bits per heavy atom. The second-order valence-electron chi connectivity index (χ2n) is 8.09. The molecule has 1 saturated carbocycles. The number of hydrogen-bond acceptors (Lipinski definition) is 6. The summed E-state index contributed by atoms with van der Waals surface area (Å²) in [5.41, 5.74) is 6.83. The summed E-state index contributed by atoms with van der Waals surface area (Å²) < 4.78 is 28.2. The van der Waals surface area contributed by atoms with Gasteiger partial charge in [-0.15, -0.1) is 0 Å². The van der Waals surface area contributed by atoms with Gasteiger partial charge >= 0.3 is 6.03 Å². The minimum absolute atomic E-state index is 0.252. The number of sulfonamides is 1. The average Bonchev–Trinajstić information content (AvgIpc) is 3.29. The Morgan fingerprint density at radius 2 is 1.91 bits per heavy atom. The monoisotopic (exact) mass is 489 g/mol. The zero-order chi connectivity index (χ0) is 23.8. The number of rotatable bonds is 5.